The van der Waals surface area contributed by atoms with E-state index >= 15 is 0 Å². The van der Waals surface area contributed by atoms with Crippen molar-refractivity contribution < 1.29 is 4.79 Å². The molecule has 0 N–H and O–H groups in total. The van der Waals surface area contributed by atoms with Crippen LogP contribution in [-0.2, 0) is 0 Å². The summed E-state index contributed by atoms with van der Waals surface area (Å²) in [6.07, 6.45) is 5.18. The first-order valence-electron chi connectivity index (χ1n) is 5.20. The van der Waals surface area contributed by atoms with Crippen molar-refractivity contribution in [1.82, 2.24) is 9.88 Å². The van der Waals surface area contributed by atoms with Crippen LogP contribution >= 0.6 is 23.2 Å². The minimum atomic E-state index is -0.0458. The number of hydrogen-bond acceptors (Lipinski definition) is 2. The predicted molar refractivity (Wildman–Crippen MR) is 64.0 cm³/mol. The van der Waals surface area contributed by atoms with Crippen LogP contribution in [0.15, 0.2) is 18.5 Å². The van der Waals surface area contributed by atoms with Gasteiger partial charge in [-0.15, -0.1) is 11.6 Å². The van der Waals surface area contributed by atoms with Gasteiger partial charge in [0.05, 0.1) is 10.6 Å². The molecule has 1 aliphatic carbocycles. The van der Waals surface area contributed by atoms with Crippen molar-refractivity contribution in [1.29, 1.82) is 0 Å². The average molecular weight is 259 g/mol. The topological polar surface area (TPSA) is 33.2 Å². The number of rotatable bonds is 4. The molecule has 0 unspecified atom stereocenters. The Kier molecular flexibility index (Phi) is 3.66. The second-order valence-electron chi connectivity index (χ2n) is 3.77. The van der Waals surface area contributed by atoms with Gasteiger partial charge in [0.15, 0.2) is 0 Å². The highest BCUT2D eigenvalue weighted by molar-refractivity contribution is 6.33. The normalized spacial score (nSPS) is 14.9. The van der Waals surface area contributed by atoms with Gasteiger partial charge in [0.2, 0.25) is 0 Å². The van der Waals surface area contributed by atoms with Crippen LogP contribution in [-0.4, -0.2) is 34.3 Å². The summed E-state index contributed by atoms with van der Waals surface area (Å²) in [5.41, 5.74) is 0.508. The molecule has 1 heterocycles. The maximum absolute atomic E-state index is 12.2. The molecule has 0 saturated heterocycles. The zero-order valence-electron chi connectivity index (χ0n) is 8.70. The maximum Gasteiger partial charge on any atom is 0.255 e. The van der Waals surface area contributed by atoms with Gasteiger partial charge in [0.25, 0.3) is 5.91 Å². The number of carbonyl (C=O) groups is 1. The van der Waals surface area contributed by atoms with Crippen LogP contribution in [0.1, 0.15) is 23.2 Å². The lowest BCUT2D eigenvalue weighted by Crippen LogP contribution is -2.34. The minimum absolute atomic E-state index is 0.0458. The third kappa shape index (κ3) is 2.47. The molecule has 1 fully saturated rings. The Morgan fingerprint density at radius 1 is 1.56 bits per heavy atom. The second-order valence-corrected chi connectivity index (χ2v) is 4.56. The van der Waals surface area contributed by atoms with Crippen LogP contribution in [0.2, 0.25) is 5.02 Å². The van der Waals surface area contributed by atoms with Crippen LogP contribution in [0.4, 0.5) is 0 Å². The molecule has 5 heteroatoms. The molecule has 1 aliphatic rings. The van der Waals surface area contributed by atoms with Gasteiger partial charge in [-0.1, -0.05) is 11.6 Å². The molecule has 0 aliphatic heterocycles. The number of halogens is 2. The van der Waals surface area contributed by atoms with Gasteiger partial charge in [0, 0.05) is 30.9 Å². The minimum Gasteiger partial charge on any atom is -0.334 e. The summed E-state index contributed by atoms with van der Waals surface area (Å²) in [6.45, 7) is 0.573. The quantitative estimate of drug-likeness (QED) is 0.778. The molecule has 2 rings (SSSR count). The van der Waals surface area contributed by atoms with Crippen molar-refractivity contribution in [3.63, 3.8) is 0 Å². The first-order chi connectivity index (χ1) is 7.74. The van der Waals surface area contributed by atoms with Crippen LogP contribution in [0.5, 0.6) is 0 Å². The Morgan fingerprint density at radius 3 is 2.88 bits per heavy atom. The molecular formula is C11H12Cl2N2O. The fourth-order valence-electron chi connectivity index (χ4n) is 1.63. The third-order valence-corrected chi connectivity index (χ3v) is 3.05. The summed E-state index contributed by atoms with van der Waals surface area (Å²) in [4.78, 5) is 17.9. The van der Waals surface area contributed by atoms with E-state index in [2.05, 4.69) is 4.98 Å². The summed E-state index contributed by atoms with van der Waals surface area (Å²) < 4.78 is 0. The zero-order chi connectivity index (χ0) is 11.5. The molecule has 16 heavy (non-hydrogen) atoms. The van der Waals surface area contributed by atoms with E-state index in [1.807, 2.05) is 0 Å². The molecule has 1 aromatic rings. The van der Waals surface area contributed by atoms with Gasteiger partial charge < -0.3 is 4.90 Å². The monoisotopic (exact) mass is 258 g/mol. The van der Waals surface area contributed by atoms with Crippen molar-refractivity contribution in [3.8, 4) is 0 Å². The highest BCUT2D eigenvalue weighted by atomic mass is 35.5. The predicted octanol–water partition coefficient (Wildman–Crippen LogP) is 2.58. The molecule has 1 amide bonds. The van der Waals surface area contributed by atoms with Crippen LogP contribution < -0.4 is 0 Å². The molecule has 0 radical (unpaired) electrons. The number of alkyl halides is 1. The Bertz CT molecular complexity index is 393. The van der Waals surface area contributed by atoms with Gasteiger partial charge in [-0.3, -0.25) is 9.78 Å². The number of hydrogen-bond donors (Lipinski definition) is 0. The molecule has 3 nitrogen and oxygen atoms in total. The standard InChI is InChI=1S/C11H12Cl2N2O/c12-4-6-15(8-1-2-8)11(16)9-3-5-14-7-10(9)13/h3,5,7-8H,1-2,4,6H2. The number of nitrogens with zero attached hydrogens (tertiary/aromatic N) is 2. The Labute approximate surface area is 104 Å². The molecule has 86 valence electrons. The van der Waals surface area contributed by atoms with Crippen LogP contribution in [0.3, 0.4) is 0 Å². The number of pyridine rings is 1. The van der Waals surface area contributed by atoms with E-state index in [-0.39, 0.29) is 5.91 Å². The summed E-state index contributed by atoms with van der Waals surface area (Å²) >= 11 is 11.6. The highest BCUT2D eigenvalue weighted by Gasteiger charge is 2.33. The molecule has 1 aromatic heterocycles. The van der Waals surface area contributed by atoms with Crippen molar-refractivity contribution in [2.24, 2.45) is 0 Å². The Morgan fingerprint density at radius 2 is 2.31 bits per heavy atom. The van der Waals surface area contributed by atoms with E-state index in [4.69, 9.17) is 23.2 Å². The zero-order valence-corrected chi connectivity index (χ0v) is 10.2. The van der Waals surface area contributed by atoms with E-state index in [0.29, 0.717) is 29.1 Å². The summed E-state index contributed by atoms with van der Waals surface area (Å²) in [5.74, 6) is 0.404. The van der Waals surface area contributed by atoms with Gasteiger partial charge in [-0.25, -0.2) is 0 Å². The van der Waals surface area contributed by atoms with E-state index in [9.17, 15) is 4.79 Å². The van der Waals surface area contributed by atoms with Crippen LogP contribution in [0, 0.1) is 0 Å². The van der Waals surface area contributed by atoms with Crippen molar-refractivity contribution in [3.05, 3.63) is 29.0 Å². The largest absolute Gasteiger partial charge is 0.334 e. The Hall–Kier alpha value is -0.800. The van der Waals surface area contributed by atoms with Gasteiger partial charge in [-0.2, -0.15) is 0 Å². The van der Waals surface area contributed by atoms with Gasteiger partial charge in [0.1, 0.15) is 0 Å². The smallest absolute Gasteiger partial charge is 0.255 e. The molecular weight excluding hydrogens is 247 g/mol. The summed E-state index contributed by atoms with van der Waals surface area (Å²) in [7, 11) is 0. The second kappa shape index (κ2) is 5.02. The summed E-state index contributed by atoms with van der Waals surface area (Å²) in [5, 5.41) is 0.396. The fraction of sp³-hybridized carbons (Fsp3) is 0.455. The molecule has 0 spiro atoms. The lowest BCUT2D eigenvalue weighted by molar-refractivity contribution is 0.0754. The van der Waals surface area contributed by atoms with E-state index in [1.165, 1.54) is 6.20 Å². The highest BCUT2D eigenvalue weighted by Crippen LogP contribution is 2.29. The van der Waals surface area contributed by atoms with Crippen molar-refractivity contribution in [2.45, 2.75) is 18.9 Å². The first-order valence-corrected chi connectivity index (χ1v) is 6.11. The average Bonchev–Trinajstić information content (AvgIpc) is 3.09. The lowest BCUT2D eigenvalue weighted by atomic mass is 10.2. The molecule has 0 aromatic carbocycles. The van der Waals surface area contributed by atoms with Crippen molar-refractivity contribution in [2.75, 3.05) is 12.4 Å². The van der Waals surface area contributed by atoms with E-state index in [0.717, 1.165) is 12.8 Å². The number of amides is 1. The van der Waals surface area contributed by atoms with Gasteiger partial charge >= 0.3 is 0 Å². The molecule has 0 bridgehead atoms. The summed E-state index contributed by atoms with van der Waals surface area (Å²) in [6, 6.07) is 1.99. The van der Waals surface area contributed by atoms with Gasteiger partial charge in [-0.05, 0) is 18.9 Å². The van der Waals surface area contributed by atoms with E-state index < -0.39 is 0 Å². The Balaban J connectivity index is 2.19. The SMILES string of the molecule is O=C(c1ccncc1Cl)N(CCCl)C1CC1. The lowest BCUT2D eigenvalue weighted by Gasteiger charge is -2.21. The number of aromatic nitrogens is 1. The first kappa shape index (κ1) is 11.7. The maximum atomic E-state index is 12.2. The third-order valence-electron chi connectivity index (χ3n) is 2.58. The fourth-order valence-corrected chi connectivity index (χ4v) is 2.01. The van der Waals surface area contributed by atoms with Crippen molar-refractivity contribution >= 4 is 29.1 Å². The van der Waals surface area contributed by atoms with E-state index in [1.54, 1.807) is 17.2 Å². The number of carbonyl (C=O) groups excluding carboxylic acids is 1. The van der Waals surface area contributed by atoms with Crippen LogP contribution in [0.25, 0.3) is 0 Å². The molecule has 1 saturated carbocycles. The molecule has 0 atom stereocenters.